The molecule has 2 N–H and O–H groups in total. The van der Waals surface area contributed by atoms with Gasteiger partial charge in [-0.3, -0.25) is 19.2 Å². The second-order valence-electron chi connectivity index (χ2n) is 11.5. The van der Waals surface area contributed by atoms with E-state index in [0.717, 1.165) is 0 Å². The Labute approximate surface area is 267 Å². The molecule has 0 unspecified atom stereocenters. The normalized spacial score (nSPS) is 12.0. The lowest BCUT2D eigenvalue weighted by atomic mass is 9.72. The van der Waals surface area contributed by atoms with Crippen LogP contribution in [0.5, 0.6) is 11.5 Å². The summed E-state index contributed by atoms with van der Waals surface area (Å²) in [5.41, 5.74) is 0.180. The Morgan fingerprint density at radius 1 is 0.622 bits per heavy atom. The smallest absolute Gasteiger partial charge is 0.314 e. The zero-order valence-electron chi connectivity index (χ0n) is 27.5. The van der Waals surface area contributed by atoms with E-state index in [2.05, 4.69) is 0 Å². The van der Waals surface area contributed by atoms with Gasteiger partial charge in [-0.2, -0.15) is 0 Å². The lowest BCUT2D eigenvalue weighted by molar-refractivity contribution is -0.145. The van der Waals surface area contributed by atoms with E-state index in [4.69, 9.17) is 9.47 Å². The van der Waals surface area contributed by atoms with Gasteiger partial charge in [-0.05, 0) is 73.2 Å². The average Bonchev–Trinajstić information content (AvgIpc) is 3.02. The third-order valence-electron chi connectivity index (χ3n) is 8.28. The molecule has 0 spiro atoms. The molecule has 0 heterocycles. The molecule has 0 aliphatic rings. The third kappa shape index (κ3) is 8.93. The molecule has 8 heteroatoms. The molecule has 244 valence electrons. The summed E-state index contributed by atoms with van der Waals surface area (Å²) in [5.74, 6) is -1.66. The Balaban J connectivity index is 2.30. The van der Waals surface area contributed by atoms with E-state index < -0.39 is 34.3 Å². The van der Waals surface area contributed by atoms with Crippen molar-refractivity contribution in [2.75, 3.05) is 14.2 Å². The number of hydrogen-bond acceptors (Lipinski definition) is 6. The molecule has 2 aromatic carbocycles. The van der Waals surface area contributed by atoms with Crippen molar-refractivity contribution in [1.82, 2.24) is 0 Å². The summed E-state index contributed by atoms with van der Waals surface area (Å²) in [5, 5.41) is 20.5. The number of rotatable bonds is 20. The predicted molar refractivity (Wildman–Crippen MR) is 177 cm³/mol. The van der Waals surface area contributed by atoms with Gasteiger partial charge in [-0.15, -0.1) is 0 Å². The maximum Gasteiger partial charge on any atom is 0.314 e. The molecule has 45 heavy (non-hydrogen) atoms. The highest BCUT2D eigenvalue weighted by Gasteiger charge is 2.42. The minimum Gasteiger partial charge on any atom is -0.496 e. The van der Waals surface area contributed by atoms with Crippen LogP contribution in [0.3, 0.4) is 0 Å². The predicted octanol–water partition coefficient (Wildman–Crippen LogP) is 7.80. The number of carbonyl (C=O) groups excluding carboxylic acids is 2. The fourth-order valence-electron chi connectivity index (χ4n) is 6.23. The van der Waals surface area contributed by atoms with Crippen LogP contribution in [0, 0.1) is 0 Å². The lowest BCUT2D eigenvalue weighted by Crippen LogP contribution is -2.36. The van der Waals surface area contributed by atoms with Gasteiger partial charge in [0.15, 0.2) is 11.6 Å². The molecule has 0 fully saturated rings. The van der Waals surface area contributed by atoms with Crippen molar-refractivity contribution in [3.05, 3.63) is 70.8 Å². The number of carbonyl (C=O) groups is 4. The summed E-state index contributed by atoms with van der Waals surface area (Å²) < 4.78 is 11.0. The van der Waals surface area contributed by atoms with Gasteiger partial charge in [0.2, 0.25) is 0 Å². The highest BCUT2D eigenvalue weighted by molar-refractivity contribution is 6.11. The number of hydrogen-bond donors (Lipinski definition) is 2. The number of allylic oxidation sites excluding steroid dienone is 2. The van der Waals surface area contributed by atoms with E-state index in [-0.39, 0.29) is 6.42 Å². The minimum absolute atomic E-state index is 0.353. The van der Waals surface area contributed by atoms with Gasteiger partial charge in [0, 0.05) is 11.1 Å². The van der Waals surface area contributed by atoms with Crippen LogP contribution in [-0.4, -0.2) is 47.9 Å². The number of aliphatic carboxylic acids is 2. The van der Waals surface area contributed by atoms with Gasteiger partial charge in [0.05, 0.1) is 31.5 Å². The van der Waals surface area contributed by atoms with Crippen molar-refractivity contribution in [3.8, 4) is 11.5 Å². The Morgan fingerprint density at radius 3 is 1.22 bits per heavy atom. The fourth-order valence-corrected chi connectivity index (χ4v) is 6.23. The first-order valence-corrected chi connectivity index (χ1v) is 15.7. The standard InChI is InChI=1S/C37H48O8/c1-7-19-36(20-8-2,34(40)41)30-23-26(13-17-32(30)44-5)11-15-28(38)25-29(39)16-12-27-14-18-33(45-6)31(24-27)37(21-9-3,22-10-4)35(42)43/h11-18,23-24H,7-10,19-22,25H2,1-6H3,(H,40,41)(H,42,43)/b15-11+,16-12+. The van der Waals surface area contributed by atoms with Crippen LogP contribution in [0.25, 0.3) is 12.2 Å². The molecule has 0 atom stereocenters. The second kappa shape index (κ2) is 17.3. The van der Waals surface area contributed by atoms with E-state index in [1.165, 1.54) is 26.4 Å². The second-order valence-corrected chi connectivity index (χ2v) is 11.5. The molecule has 0 radical (unpaired) electrons. The van der Waals surface area contributed by atoms with E-state index >= 15 is 0 Å². The molecule has 0 bridgehead atoms. The maximum absolute atomic E-state index is 12.7. The third-order valence-corrected chi connectivity index (χ3v) is 8.28. The molecule has 0 aliphatic carbocycles. The van der Waals surface area contributed by atoms with E-state index in [1.807, 2.05) is 27.7 Å². The summed E-state index contributed by atoms with van der Waals surface area (Å²) in [7, 11) is 3.01. The first kappa shape index (κ1) is 37.0. The molecule has 0 saturated heterocycles. The lowest BCUT2D eigenvalue weighted by Gasteiger charge is -2.31. The Morgan fingerprint density at radius 2 is 0.956 bits per heavy atom. The summed E-state index contributed by atoms with van der Waals surface area (Å²) >= 11 is 0. The number of ether oxygens (including phenoxy) is 2. The minimum atomic E-state index is -1.11. The molecular formula is C37H48O8. The first-order valence-electron chi connectivity index (χ1n) is 15.7. The number of methoxy groups -OCH3 is 2. The van der Waals surface area contributed by atoms with Crippen molar-refractivity contribution < 1.29 is 38.9 Å². The van der Waals surface area contributed by atoms with Gasteiger partial charge in [-0.25, -0.2) is 0 Å². The van der Waals surface area contributed by atoms with Gasteiger partial charge in [-0.1, -0.05) is 77.7 Å². The van der Waals surface area contributed by atoms with Crippen LogP contribution in [0.4, 0.5) is 0 Å². The molecule has 0 saturated carbocycles. The van der Waals surface area contributed by atoms with Crippen molar-refractivity contribution in [2.45, 2.75) is 96.3 Å². The SMILES string of the molecule is CCCC(CCC)(C(=O)O)c1cc(/C=C/C(=O)CC(=O)/C=C/c2ccc(OC)c(C(CCC)(CCC)C(=O)O)c2)ccc1OC. The van der Waals surface area contributed by atoms with Gasteiger partial charge in [0.1, 0.15) is 11.5 Å². The van der Waals surface area contributed by atoms with Crippen LogP contribution in [0.15, 0.2) is 48.6 Å². The summed E-state index contributed by atoms with van der Waals surface area (Å²) in [6.07, 6.45) is 9.96. The van der Waals surface area contributed by atoms with Gasteiger partial charge < -0.3 is 19.7 Å². The number of carboxylic acid groups (broad SMARTS) is 2. The molecule has 2 rings (SSSR count). The maximum atomic E-state index is 12.7. The average molecular weight is 621 g/mol. The van der Waals surface area contributed by atoms with Crippen molar-refractivity contribution >= 4 is 35.7 Å². The topological polar surface area (TPSA) is 127 Å². The van der Waals surface area contributed by atoms with Crippen LogP contribution in [0.2, 0.25) is 0 Å². The highest BCUT2D eigenvalue weighted by atomic mass is 16.5. The largest absolute Gasteiger partial charge is 0.496 e. The quantitative estimate of drug-likeness (QED) is 0.113. The Hall–Kier alpha value is -4.20. The molecule has 8 nitrogen and oxygen atoms in total. The monoisotopic (exact) mass is 620 g/mol. The van der Waals surface area contributed by atoms with Crippen molar-refractivity contribution in [1.29, 1.82) is 0 Å². The number of benzene rings is 2. The fraction of sp³-hybridized carbons (Fsp3) is 0.459. The van der Waals surface area contributed by atoms with Crippen LogP contribution >= 0.6 is 0 Å². The zero-order valence-corrected chi connectivity index (χ0v) is 27.5. The van der Waals surface area contributed by atoms with E-state index in [9.17, 15) is 29.4 Å². The first-order chi connectivity index (χ1) is 21.5. The Kier molecular flexibility index (Phi) is 14.2. The van der Waals surface area contributed by atoms with Crippen molar-refractivity contribution in [2.24, 2.45) is 0 Å². The molecule has 0 aromatic heterocycles. The van der Waals surface area contributed by atoms with Gasteiger partial charge >= 0.3 is 11.9 Å². The highest BCUT2D eigenvalue weighted by Crippen LogP contribution is 2.42. The number of ketones is 2. The Bertz CT molecular complexity index is 1280. The molecule has 2 aromatic rings. The molecule has 0 amide bonds. The van der Waals surface area contributed by atoms with E-state index in [1.54, 1.807) is 48.6 Å². The number of carboxylic acids is 2. The summed E-state index contributed by atoms with van der Waals surface area (Å²) in [4.78, 5) is 50.4. The summed E-state index contributed by atoms with van der Waals surface area (Å²) in [6.45, 7) is 7.79. The zero-order chi connectivity index (χ0) is 33.6. The van der Waals surface area contributed by atoms with Crippen molar-refractivity contribution in [3.63, 3.8) is 0 Å². The van der Waals surface area contributed by atoms with Gasteiger partial charge in [0.25, 0.3) is 0 Å². The van der Waals surface area contributed by atoms with Crippen LogP contribution in [-0.2, 0) is 30.0 Å². The van der Waals surface area contributed by atoms with E-state index in [0.29, 0.717) is 85.1 Å². The van der Waals surface area contributed by atoms with Crippen LogP contribution in [0.1, 0.15) is 108 Å². The van der Waals surface area contributed by atoms with Crippen LogP contribution < -0.4 is 9.47 Å². The molecule has 0 aliphatic heterocycles. The summed E-state index contributed by atoms with van der Waals surface area (Å²) in [6, 6.07) is 10.4. The molecular weight excluding hydrogens is 572 g/mol.